The Kier molecular flexibility index (Phi) is 5.53. The van der Waals surface area contributed by atoms with E-state index in [9.17, 15) is 9.59 Å². The molecule has 0 unspecified atom stereocenters. The molecule has 7 heteroatoms. The normalized spacial score (nSPS) is 10.6. The van der Waals surface area contributed by atoms with Crippen molar-refractivity contribution in [2.24, 2.45) is 0 Å². The fourth-order valence-electron chi connectivity index (χ4n) is 2.81. The number of nitrogens with one attached hydrogen (secondary N) is 1. The molecule has 3 aromatic rings. The maximum absolute atomic E-state index is 12.8. The van der Waals surface area contributed by atoms with Crippen LogP contribution in [0.4, 0.5) is 0 Å². The second kappa shape index (κ2) is 8.02. The Bertz CT molecular complexity index is 1080. The molecule has 27 heavy (non-hydrogen) atoms. The Balaban J connectivity index is 1.91. The van der Waals surface area contributed by atoms with E-state index in [0.29, 0.717) is 39.4 Å². The first kappa shape index (κ1) is 18.6. The number of carbonyl (C=O) groups excluding carboxylic acids is 1. The van der Waals surface area contributed by atoms with Crippen molar-refractivity contribution in [1.29, 1.82) is 5.26 Å². The van der Waals surface area contributed by atoms with Crippen LogP contribution in [0, 0.1) is 11.3 Å². The number of fused-ring (bicyclic) bond motifs is 1. The lowest BCUT2D eigenvalue weighted by Gasteiger charge is -2.21. The van der Waals surface area contributed by atoms with Crippen LogP contribution in [0.15, 0.2) is 47.3 Å². The van der Waals surface area contributed by atoms with Crippen molar-refractivity contribution in [3.8, 4) is 6.07 Å². The van der Waals surface area contributed by atoms with Crippen molar-refractivity contribution in [2.45, 2.75) is 19.9 Å². The Hall–Kier alpha value is -3.17. The minimum Gasteiger partial charge on any atom is -0.331 e. The number of hydrogen-bond donors (Lipinski definition) is 1. The monoisotopic (exact) mass is 380 g/mol. The third-order valence-electron chi connectivity index (χ3n) is 4.10. The van der Waals surface area contributed by atoms with E-state index in [2.05, 4.69) is 9.97 Å². The van der Waals surface area contributed by atoms with Crippen LogP contribution in [0.25, 0.3) is 10.9 Å². The first-order chi connectivity index (χ1) is 13.0. The average molecular weight is 381 g/mol. The number of carbonyl (C=O) groups is 1. The van der Waals surface area contributed by atoms with E-state index < -0.39 is 0 Å². The zero-order valence-electron chi connectivity index (χ0n) is 14.7. The number of nitriles is 1. The fraction of sp³-hybridized carbons (Fsp3) is 0.200. The maximum atomic E-state index is 12.8. The minimum absolute atomic E-state index is 0.171. The molecule has 1 amide bonds. The lowest BCUT2D eigenvalue weighted by Crippen LogP contribution is -2.32. The molecule has 6 nitrogen and oxygen atoms in total. The smallest absolute Gasteiger partial charge is 0.258 e. The van der Waals surface area contributed by atoms with Gasteiger partial charge in [-0.15, -0.1) is 0 Å². The van der Waals surface area contributed by atoms with Crippen LogP contribution < -0.4 is 5.56 Å². The molecule has 0 atom stereocenters. The van der Waals surface area contributed by atoms with E-state index in [4.69, 9.17) is 16.9 Å². The van der Waals surface area contributed by atoms with Gasteiger partial charge in [0.25, 0.3) is 11.5 Å². The van der Waals surface area contributed by atoms with Crippen LogP contribution >= 0.6 is 11.6 Å². The lowest BCUT2D eigenvalue weighted by molar-refractivity contribution is 0.0739. The van der Waals surface area contributed by atoms with Crippen LogP contribution in [0.5, 0.6) is 0 Å². The highest BCUT2D eigenvalue weighted by Crippen LogP contribution is 2.16. The number of nitrogens with zero attached hydrogens (tertiary/aromatic N) is 3. The summed E-state index contributed by atoms with van der Waals surface area (Å²) in [4.78, 5) is 33.9. The maximum Gasteiger partial charge on any atom is 0.258 e. The molecule has 2 aromatic carbocycles. The van der Waals surface area contributed by atoms with Crippen molar-refractivity contribution < 1.29 is 4.79 Å². The topological polar surface area (TPSA) is 89.8 Å². The number of amides is 1. The van der Waals surface area contributed by atoms with E-state index in [1.807, 2.05) is 13.0 Å². The van der Waals surface area contributed by atoms with Gasteiger partial charge in [-0.3, -0.25) is 9.59 Å². The first-order valence-corrected chi connectivity index (χ1v) is 8.87. The van der Waals surface area contributed by atoms with E-state index in [-0.39, 0.29) is 18.0 Å². The molecule has 0 aliphatic rings. The summed E-state index contributed by atoms with van der Waals surface area (Å²) in [6, 6.07) is 13.4. The highest BCUT2D eigenvalue weighted by atomic mass is 35.5. The second-order valence-electron chi connectivity index (χ2n) is 6.09. The molecule has 0 bridgehead atoms. The summed E-state index contributed by atoms with van der Waals surface area (Å²) in [6.07, 6.45) is 0.756. The molecule has 0 saturated carbocycles. The molecular formula is C20H17ClN4O2. The number of H-pyrrole nitrogens is 1. The van der Waals surface area contributed by atoms with Gasteiger partial charge in [-0.25, -0.2) is 4.98 Å². The molecule has 136 valence electrons. The van der Waals surface area contributed by atoms with Crippen molar-refractivity contribution in [3.63, 3.8) is 0 Å². The Morgan fingerprint density at radius 3 is 2.67 bits per heavy atom. The number of hydrogen-bond acceptors (Lipinski definition) is 4. The summed E-state index contributed by atoms with van der Waals surface area (Å²) in [5, 5.41) is 9.83. The van der Waals surface area contributed by atoms with Crippen LogP contribution in [-0.2, 0) is 6.54 Å². The third kappa shape index (κ3) is 4.15. The van der Waals surface area contributed by atoms with Gasteiger partial charge in [0.1, 0.15) is 5.82 Å². The van der Waals surface area contributed by atoms with E-state index in [1.54, 1.807) is 47.4 Å². The fourth-order valence-corrected chi connectivity index (χ4v) is 2.98. The molecule has 1 N–H and O–H groups in total. The van der Waals surface area contributed by atoms with Gasteiger partial charge in [0.05, 0.1) is 29.1 Å². The highest BCUT2D eigenvalue weighted by molar-refractivity contribution is 6.31. The van der Waals surface area contributed by atoms with E-state index >= 15 is 0 Å². The Morgan fingerprint density at radius 1 is 1.26 bits per heavy atom. The average Bonchev–Trinajstić information content (AvgIpc) is 2.67. The molecule has 0 aliphatic heterocycles. The Morgan fingerprint density at radius 2 is 2.00 bits per heavy atom. The third-order valence-corrected chi connectivity index (χ3v) is 4.34. The quantitative estimate of drug-likeness (QED) is 0.733. The van der Waals surface area contributed by atoms with Gasteiger partial charge in [0, 0.05) is 17.1 Å². The molecule has 0 aliphatic carbocycles. The minimum atomic E-state index is -0.270. The van der Waals surface area contributed by atoms with Crippen molar-refractivity contribution >= 4 is 28.4 Å². The van der Waals surface area contributed by atoms with Crippen LogP contribution in [0.1, 0.15) is 35.1 Å². The van der Waals surface area contributed by atoms with E-state index in [0.717, 1.165) is 6.42 Å². The molecule has 1 aromatic heterocycles. The van der Waals surface area contributed by atoms with Gasteiger partial charge >= 0.3 is 0 Å². The van der Waals surface area contributed by atoms with Gasteiger partial charge in [-0.1, -0.05) is 18.5 Å². The van der Waals surface area contributed by atoms with Gasteiger partial charge in [0.15, 0.2) is 0 Å². The number of rotatable bonds is 5. The second-order valence-corrected chi connectivity index (χ2v) is 6.53. The molecule has 0 fully saturated rings. The molecule has 1 heterocycles. The zero-order valence-corrected chi connectivity index (χ0v) is 15.5. The van der Waals surface area contributed by atoms with Gasteiger partial charge < -0.3 is 9.88 Å². The summed E-state index contributed by atoms with van der Waals surface area (Å²) < 4.78 is 0. The highest BCUT2D eigenvalue weighted by Gasteiger charge is 2.17. The molecule has 3 rings (SSSR count). The van der Waals surface area contributed by atoms with E-state index in [1.165, 1.54) is 0 Å². The summed E-state index contributed by atoms with van der Waals surface area (Å²) in [5.74, 6) is 0.209. The number of benzene rings is 2. The Labute approximate surface area is 161 Å². The van der Waals surface area contributed by atoms with Gasteiger partial charge in [-0.05, 0) is 48.9 Å². The number of halogens is 1. The van der Waals surface area contributed by atoms with Gasteiger partial charge in [-0.2, -0.15) is 5.26 Å². The predicted octanol–water partition coefficient (Wildman–Crippen LogP) is 3.50. The molecule has 0 saturated heterocycles. The van der Waals surface area contributed by atoms with Crippen LogP contribution in [-0.4, -0.2) is 27.3 Å². The largest absolute Gasteiger partial charge is 0.331 e. The van der Waals surface area contributed by atoms with Crippen LogP contribution in [0.2, 0.25) is 5.02 Å². The molecule has 0 radical (unpaired) electrons. The summed E-state index contributed by atoms with van der Waals surface area (Å²) in [5.41, 5.74) is 1.19. The predicted molar refractivity (Wildman–Crippen MR) is 104 cm³/mol. The summed E-state index contributed by atoms with van der Waals surface area (Å²) >= 11 is 5.99. The summed E-state index contributed by atoms with van der Waals surface area (Å²) in [6.45, 7) is 2.65. The van der Waals surface area contributed by atoms with Gasteiger partial charge in [0.2, 0.25) is 0 Å². The SMILES string of the molecule is CCCN(Cc1nc2cc(Cl)ccc2c(=O)[nH]1)C(=O)c1ccc(C#N)cc1. The van der Waals surface area contributed by atoms with Crippen LogP contribution in [0.3, 0.4) is 0 Å². The molecular weight excluding hydrogens is 364 g/mol. The number of aromatic nitrogens is 2. The molecule has 0 spiro atoms. The van der Waals surface area contributed by atoms with Crippen molar-refractivity contribution in [3.05, 3.63) is 74.8 Å². The summed E-state index contributed by atoms with van der Waals surface area (Å²) in [7, 11) is 0. The van der Waals surface area contributed by atoms with Crippen molar-refractivity contribution in [1.82, 2.24) is 14.9 Å². The first-order valence-electron chi connectivity index (χ1n) is 8.49. The zero-order chi connectivity index (χ0) is 19.4. The standard InChI is InChI=1S/C20H17ClN4O2/c1-2-9-25(20(27)14-5-3-13(11-22)4-6-14)12-18-23-17-10-15(21)7-8-16(17)19(26)24-18/h3-8,10H,2,9,12H2,1H3,(H,23,24,26). The number of aromatic amines is 1. The van der Waals surface area contributed by atoms with Crippen molar-refractivity contribution in [2.75, 3.05) is 6.54 Å². The lowest BCUT2D eigenvalue weighted by atomic mass is 10.1.